The molecule has 7 aromatic carbocycles. The number of benzene rings is 7. The number of rotatable bonds is 3. The van der Waals surface area contributed by atoms with Crippen molar-refractivity contribution in [3.05, 3.63) is 149 Å². The van der Waals surface area contributed by atoms with E-state index in [9.17, 15) is 0 Å². The molecule has 9 aromatic rings. The van der Waals surface area contributed by atoms with Gasteiger partial charge in [-0.15, -0.1) is 11.3 Å². The van der Waals surface area contributed by atoms with Gasteiger partial charge < -0.3 is 4.57 Å². The average molecular weight is 630 g/mol. The van der Waals surface area contributed by atoms with Gasteiger partial charge in [0, 0.05) is 42.6 Å². The lowest BCUT2D eigenvalue weighted by Gasteiger charge is -2.24. The van der Waals surface area contributed by atoms with E-state index in [0.717, 1.165) is 6.42 Å². The van der Waals surface area contributed by atoms with Gasteiger partial charge >= 0.3 is 0 Å². The van der Waals surface area contributed by atoms with Crippen LogP contribution in [0.3, 0.4) is 0 Å². The van der Waals surface area contributed by atoms with Crippen molar-refractivity contribution in [2.24, 2.45) is 0 Å². The fourth-order valence-electron chi connectivity index (χ4n) is 8.96. The number of fused-ring (bicyclic) bond motifs is 4. The van der Waals surface area contributed by atoms with E-state index in [1.807, 2.05) is 11.3 Å². The van der Waals surface area contributed by atoms with Crippen molar-refractivity contribution in [3.63, 3.8) is 0 Å². The van der Waals surface area contributed by atoms with Gasteiger partial charge in [0.2, 0.25) is 0 Å². The number of hydrogen-bond donors (Lipinski definition) is 0. The van der Waals surface area contributed by atoms with E-state index in [1.165, 1.54) is 108 Å². The highest BCUT2D eigenvalue weighted by molar-refractivity contribution is 7.26. The predicted molar refractivity (Wildman–Crippen MR) is 208 cm³/mol. The fraction of sp³-hybridized carbons (Fsp3) is 0.0870. The van der Waals surface area contributed by atoms with Crippen molar-refractivity contribution < 1.29 is 0 Å². The van der Waals surface area contributed by atoms with Gasteiger partial charge in [-0.2, -0.15) is 0 Å². The molecule has 0 saturated heterocycles. The molecule has 0 aliphatic heterocycles. The van der Waals surface area contributed by atoms with Crippen molar-refractivity contribution in [2.45, 2.75) is 26.2 Å². The minimum atomic E-state index is 0.381. The largest absolute Gasteiger partial charge is 0.309 e. The minimum absolute atomic E-state index is 0.381. The van der Waals surface area contributed by atoms with Crippen LogP contribution in [0.5, 0.6) is 0 Å². The molecule has 1 nitrogen and oxygen atoms in total. The first-order valence-corrected chi connectivity index (χ1v) is 17.8. The van der Waals surface area contributed by atoms with Crippen LogP contribution in [-0.2, 0) is 6.42 Å². The summed E-state index contributed by atoms with van der Waals surface area (Å²) in [5.41, 5.74) is 13.3. The number of aromatic nitrogens is 1. The van der Waals surface area contributed by atoms with Gasteiger partial charge in [0.25, 0.3) is 0 Å². The molecule has 0 N–H and O–H groups in total. The highest BCUT2D eigenvalue weighted by Gasteiger charge is 2.28. The zero-order valence-corrected chi connectivity index (χ0v) is 27.7. The summed E-state index contributed by atoms with van der Waals surface area (Å²) in [6.07, 6.45) is 8.16. The number of aryl methyl sites for hydroxylation is 1. The molecule has 0 bridgehead atoms. The molecule has 0 fully saturated rings. The van der Waals surface area contributed by atoms with Gasteiger partial charge in [-0.3, -0.25) is 0 Å². The van der Waals surface area contributed by atoms with Crippen LogP contribution in [0.4, 0.5) is 0 Å². The standard InChI is InChI=1S/C46H31NS/c1-26-17-19-29-21-23-37-43-41(29)39(26)40-27(2)18-20-30-22-24-38(44(43)42(30)40)47(37)32-12-6-11-31(25-32)34-14-8-16-36-35-15-7-13-33(45(35)48-46(34)36)28-9-4-3-5-10-28/h3-21,23-26H,22H2,1-2H3. The number of thiophene rings is 1. The second kappa shape index (κ2) is 9.56. The molecule has 2 aliphatic rings. The summed E-state index contributed by atoms with van der Waals surface area (Å²) in [6, 6.07) is 43.0. The second-order valence-corrected chi connectivity index (χ2v) is 14.7. The van der Waals surface area contributed by atoms with E-state index < -0.39 is 0 Å². The molecule has 2 heteroatoms. The molecule has 0 saturated carbocycles. The number of hydrogen-bond acceptors (Lipinski definition) is 1. The maximum absolute atomic E-state index is 2.55. The third-order valence-electron chi connectivity index (χ3n) is 11.1. The predicted octanol–water partition coefficient (Wildman–Crippen LogP) is 12.1. The second-order valence-electron chi connectivity index (χ2n) is 13.7. The molecule has 0 amide bonds. The van der Waals surface area contributed by atoms with Crippen LogP contribution in [0, 0.1) is 6.92 Å². The van der Waals surface area contributed by atoms with Crippen molar-refractivity contribution in [1.29, 1.82) is 0 Å². The summed E-state index contributed by atoms with van der Waals surface area (Å²) in [5.74, 6) is 0.381. The van der Waals surface area contributed by atoms with Gasteiger partial charge in [0.15, 0.2) is 0 Å². The maximum atomic E-state index is 2.55. The molecule has 1 unspecified atom stereocenters. The Labute approximate surface area is 282 Å². The molecule has 1 atom stereocenters. The monoisotopic (exact) mass is 629 g/mol. The van der Waals surface area contributed by atoms with Crippen LogP contribution in [0.25, 0.3) is 92.7 Å². The van der Waals surface area contributed by atoms with E-state index >= 15 is 0 Å². The Balaban J connectivity index is 1.19. The van der Waals surface area contributed by atoms with Crippen LogP contribution in [-0.4, -0.2) is 4.57 Å². The van der Waals surface area contributed by atoms with Crippen LogP contribution in [0.2, 0.25) is 0 Å². The van der Waals surface area contributed by atoms with Crippen LogP contribution in [0.1, 0.15) is 35.1 Å². The molecule has 2 aliphatic carbocycles. The van der Waals surface area contributed by atoms with Crippen molar-refractivity contribution in [3.8, 4) is 27.9 Å². The van der Waals surface area contributed by atoms with Gasteiger partial charge in [-0.25, -0.2) is 0 Å². The van der Waals surface area contributed by atoms with Gasteiger partial charge in [-0.05, 0) is 92.2 Å². The fourth-order valence-corrected chi connectivity index (χ4v) is 10.3. The van der Waals surface area contributed by atoms with Crippen LogP contribution in [0.15, 0.2) is 121 Å². The Bertz CT molecular complexity index is 2930. The first-order valence-electron chi connectivity index (χ1n) is 17.0. The van der Waals surface area contributed by atoms with Gasteiger partial charge in [-0.1, -0.05) is 122 Å². The van der Waals surface area contributed by atoms with E-state index in [-0.39, 0.29) is 0 Å². The Hall–Kier alpha value is -5.44. The summed E-state index contributed by atoms with van der Waals surface area (Å²) in [5, 5.41) is 11.2. The summed E-state index contributed by atoms with van der Waals surface area (Å²) in [7, 11) is 0. The first kappa shape index (κ1) is 26.6. The molecule has 2 heterocycles. The van der Waals surface area contributed by atoms with Gasteiger partial charge in [0.05, 0.1) is 10.9 Å². The van der Waals surface area contributed by atoms with E-state index in [4.69, 9.17) is 0 Å². The quantitative estimate of drug-likeness (QED) is 0.171. The van der Waals surface area contributed by atoms with Crippen molar-refractivity contribution in [2.75, 3.05) is 0 Å². The number of allylic oxidation sites excluding steroid dienone is 1. The molecule has 0 radical (unpaired) electrons. The lowest BCUT2D eigenvalue weighted by atomic mass is 9.79. The minimum Gasteiger partial charge on any atom is -0.309 e. The Kier molecular flexibility index (Phi) is 5.30. The third-order valence-corrected chi connectivity index (χ3v) is 12.3. The van der Waals surface area contributed by atoms with Crippen molar-refractivity contribution >= 4 is 76.1 Å². The Morgan fingerprint density at radius 3 is 2.21 bits per heavy atom. The molecular formula is C46H31NS. The van der Waals surface area contributed by atoms with E-state index in [2.05, 4.69) is 152 Å². The third kappa shape index (κ3) is 3.40. The lowest BCUT2D eigenvalue weighted by Crippen LogP contribution is -2.17. The van der Waals surface area contributed by atoms with E-state index in [0.29, 0.717) is 5.92 Å². The topological polar surface area (TPSA) is 4.93 Å². The zero-order chi connectivity index (χ0) is 31.7. The maximum Gasteiger partial charge on any atom is 0.0547 e. The molecular weight excluding hydrogens is 599 g/mol. The number of nitrogens with zero attached hydrogens (tertiary/aromatic N) is 1. The lowest BCUT2D eigenvalue weighted by molar-refractivity contribution is 0.990. The first-order chi connectivity index (χ1) is 23.7. The summed E-state index contributed by atoms with van der Waals surface area (Å²) >= 11 is 1.92. The summed E-state index contributed by atoms with van der Waals surface area (Å²) in [4.78, 5) is 0. The summed E-state index contributed by atoms with van der Waals surface area (Å²) in [6.45, 7) is 4.67. The molecule has 226 valence electrons. The van der Waals surface area contributed by atoms with Crippen LogP contribution < -0.4 is 5.35 Å². The normalized spacial score (nSPS) is 15.1. The SMILES string of the molecule is Cc1ccc2c3c1c1c4c(ccc5c4c3c(n5-c3cccc(-c4cccc5c4sc4c(-c6ccccc6)cccc45)c3)=CC2)C=CC1C. The smallest absolute Gasteiger partial charge is 0.0547 e. The van der Waals surface area contributed by atoms with E-state index in [1.54, 1.807) is 0 Å². The zero-order valence-electron chi connectivity index (χ0n) is 26.8. The summed E-state index contributed by atoms with van der Waals surface area (Å²) < 4.78 is 5.25. The van der Waals surface area contributed by atoms with Gasteiger partial charge in [0.1, 0.15) is 0 Å². The average Bonchev–Trinajstić information content (AvgIpc) is 3.69. The highest BCUT2D eigenvalue weighted by atomic mass is 32.1. The molecule has 0 spiro atoms. The molecule has 2 aromatic heterocycles. The highest BCUT2D eigenvalue weighted by Crippen LogP contribution is 2.48. The molecule has 11 rings (SSSR count). The Morgan fingerprint density at radius 1 is 0.646 bits per heavy atom. The molecule has 48 heavy (non-hydrogen) atoms. The van der Waals surface area contributed by atoms with Crippen LogP contribution >= 0.6 is 11.3 Å². The van der Waals surface area contributed by atoms with Crippen molar-refractivity contribution in [1.82, 2.24) is 4.57 Å². The Morgan fingerprint density at radius 2 is 1.40 bits per heavy atom.